The number of hydrazone groups is 1. The van der Waals surface area contributed by atoms with Crippen LogP contribution in [0.25, 0.3) is 0 Å². The Morgan fingerprint density at radius 2 is 1.86 bits per heavy atom. The molecule has 2 aromatic rings. The normalized spacial score (nSPS) is 12.8. The van der Waals surface area contributed by atoms with Crippen LogP contribution in [0.3, 0.4) is 0 Å². The van der Waals surface area contributed by atoms with Gasteiger partial charge in [0.1, 0.15) is 0 Å². The molecule has 2 N–H and O–H groups in total. The third-order valence-corrected chi connectivity index (χ3v) is 4.22. The van der Waals surface area contributed by atoms with E-state index in [4.69, 9.17) is 23.2 Å². The van der Waals surface area contributed by atoms with Crippen molar-refractivity contribution in [2.75, 3.05) is 6.54 Å². The largest absolute Gasteiger partial charge is 0.416 e. The molecule has 0 atom stereocenters. The number of halogens is 5. The molecule has 0 amide bonds. The van der Waals surface area contributed by atoms with Crippen molar-refractivity contribution in [2.45, 2.75) is 26.6 Å². The van der Waals surface area contributed by atoms with Crippen LogP contribution in [-0.2, 0) is 12.7 Å². The number of alkyl halides is 3. The fourth-order valence-corrected chi connectivity index (χ4v) is 2.84. The van der Waals surface area contributed by atoms with Gasteiger partial charge < -0.3 is 5.32 Å². The SMILES string of the molecule is CCNC(=NCc1cccc(C(F)(F)F)c1)NN=C(C)c1ccc(Cl)cc1Cl. The zero-order chi connectivity index (χ0) is 20.7. The maximum absolute atomic E-state index is 12.8. The Morgan fingerprint density at radius 3 is 2.50 bits per heavy atom. The summed E-state index contributed by atoms with van der Waals surface area (Å²) in [7, 11) is 0. The number of rotatable bonds is 5. The van der Waals surface area contributed by atoms with E-state index in [1.54, 1.807) is 31.2 Å². The van der Waals surface area contributed by atoms with Crippen LogP contribution in [0.2, 0.25) is 10.0 Å². The van der Waals surface area contributed by atoms with E-state index in [2.05, 4.69) is 20.8 Å². The summed E-state index contributed by atoms with van der Waals surface area (Å²) < 4.78 is 38.5. The highest BCUT2D eigenvalue weighted by Gasteiger charge is 2.30. The maximum atomic E-state index is 12.8. The predicted octanol–water partition coefficient (Wildman–Crippen LogP) is 5.49. The van der Waals surface area contributed by atoms with Gasteiger partial charge in [-0.3, -0.25) is 0 Å². The van der Waals surface area contributed by atoms with Gasteiger partial charge in [0.15, 0.2) is 0 Å². The molecule has 28 heavy (non-hydrogen) atoms. The van der Waals surface area contributed by atoms with Crippen molar-refractivity contribution >= 4 is 34.9 Å². The van der Waals surface area contributed by atoms with Gasteiger partial charge in [-0.1, -0.05) is 41.4 Å². The molecule has 0 fully saturated rings. The Labute approximate surface area is 171 Å². The van der Waals surface area contributed by atoms with Crippen LogP contribution in [0.5, 0.6) is 0 Å². The molecule has 0 aliphatic carbocycles. The van der Waals surface area contributed by atoms with Crippen molar-refractivity contribution in [3.63, 3.8) is 0 Å². The summed E-state index contributed by atoms with van der Waals surface area (Å²) in [5, 5.41) is 8.20. The highest BCUT2D eigenvalue weighted by atomic mass is 35.5. The van der Waals surface area contributed by atoms with Crippen LogP contribution >= 0.6 is 23.2 Å². The molecule has 0 aliphatic rings. The summed E-state index contributed by atoms with van der Waals surface area (Å²) in [6, 6.07) is 10.1. The Bertz CT molecular complexity index is 880. The summed E-state index contributed by atoms with van der Waals surface area (Å²) in [5.74, 6) is 0.337. The van der Waals surface area contributed by atoms with E-state index in [-0.39, 0.29) is 6.54 Å². The minimum Gasteiger partial charge on any atom is -0.355 e. The molecule has 0 spiro atoms. The average molecular weight is 431 g/mol. The van der Waals surface area contributed by atoms with Gasteiger partial charge in [-0.15, -0.1) is 0 Å². The molecule has 0 aromatic heterocycles. The third kappa shape index (κ3) is 6.42. The van der Waals surface area contributed by atoms with Gasteiger partial charge in [-0.25, -0.2) is 10.4 Å². The quantitative estimate of drug-likeness (QED) is 0.374. The van der Waals surface area contributed by atoms with E-state index in [1.807, 2.05) is 6.92 Å². The summed E-state index contributed by atoms with van der Waals surface area (Å²) in [5.41, 5.74) is 3.83. The molecular formula is C19H19Cl2F3N4. The van der Waals surface area contributed by atoms with Crippen LogP contribution in [0, 0.1) is 0 Å². The van der Waals surface area contributed by atoms with Gasteiger partial charge >= 0.3 is 6.18 Å². The van der Waals surface area contributed by atoms with Crippen LogP contribution in [0.15, 0.2) is 52.6 Å². The minimum atomic E-state index is -4.39. The number of guanidine groups is 1. The van der Waals surface area contributed by atoms with Crippen LogP contribution in [0.1, 0.15) is 30.5 Å². The molecule has 0 saturated carbocycles. The summed E-state index contributed by atoms with van der Waals surface area (Å²) in [6.45, 7) is 4.26. The number of hydrogen-bond donors (Lipinski definition) is 2. The Morgan fingerprint density at radius 1 is 1.11 bits per heavy atom. The molecule has 0 bridgehead atoms. The molecule has 0 saturated heterocycles. The molecule has 0 heterocycles. The van der Waals surface area contributed by atoms with E-state index in [9.17, 15) is 13.2 Å². The summed E-state index contributed by atoms with van der Waals surface area (Å²) in [4.78, 5) is 4.27. The first-order valence-corrected chi connectivity index (χ1v) is 9.16. The maximum Gasteiger partial charge on any atom is 0.416 e. The highest BCUT2D eigenvalue weighted by Crippen LogP contribution is 2.29. The fraction of sp³-hybridized carbons (Fsp3) is 0.263. The predicted molar refractivity (Wildman–Crippen MR) is 108 cm³/mol. The summed E-state index contributed by atoms with van der Waals surface area (Å²) in [6.07, 6.45) is -4.39. The first-order valence-electron chi connectivity index (χ1n) is 8.41. The van der Waals surface area contributed by atoms with E-state index in [0.717, 1.165) is 12.1 Å². The second-order valence-corrected chi connectivity index (χ2v) is 6.67. The van der Waals surface area contributed by atoms with Gasteiger partial charge in [0.05, 0.1) is 22.8 Å². The van der Waals surface area contributed by atoms with Crippen LogP contribution < -0.4 is 10.7 Å². The van der Waals surface area contributed by atoms with Gasteiger partial charge in [0, 0.05) is 17.1 Å². The van der Waals surface area contributed by atoms with Crippen LogP contribution in [-0.4, -0.2) is 18.2 Å². The van der Waals surface area contributed by atoms with Crippen molar-refractivity contribution in [2.24, 2.45) is 10.1 Å². The zero-order valence-corrected chi connectivity index (χ0v) is 16.8. The second kappa shape index (κ2) is 9.80. The van der Waals surface area contributed by atoms with E-state index < -0.39 is 11.7 Å². The zero-order valence-electron chi connectivity index (χ0n) is 15.2. The highest BCUT2D eigenvalue weighted by molar-refractivity contribution is 6.37. The topological polar surface area (TPSA) is 48.8 Å². The molecule has 150 valence electrons. The molecule has 2 aromatic carbocycles. The lowest BCUT2D eigenvalue weighted by Crippen LogP contribution is -2.34. The first kappa shape index (κ1) is 22.0. The van der Waals surface area contributed by atoms with Gasteiger partial charge in [-0.05, 0) is 43.7 Å². The molecule has 9 heteroatoms. The second-order valence-electron chi connectivity index (χ2n) is 5.83. The van der Waals surface area contributed by atoms with Crippen molar-refractivity contribution in [1.82, 2.24) is 10.7 Å². The van der Waals surface area contributed by atoms with Crippen molar-refractivity contribution in [3.8, 4) is 0 Å². The standard InChI is InChI=1S/C19H19Cl2F3N4/c1-3-25-18(26-11-13-5-4-6-14(9-13)19(22,23)24)28-27-12(2)16-8-7-15(20)10-17(16)21/h4-10H,3,11H2,1-2H3,(H2,25,26,28). The monoisotopic (exact) mass is 430 g/mol. The number of nitrogens with zero attached hydrogens (tertiary/aromatic N) is 2. The first-order chi connectivity index (χ1) is 13.2. The average Bonchev–Trinajstić information content (AvgIpc) is 2.63. The van der Waals surface area contributed by atoms with Crippen molar-refractivity contribution in [3.05, 3.63) is 69.2 Å². The smallest absolute Gasteiger partial charge is 0.355 e. The van der Waals surface area contributed by atoms with Gasteiger partial charge in [0.25, 0.3) is 0 Å². The molecule has 0 radical (unpaired) electrons. The lowest BCUT2D eigenvalue weighted by molar-refractivity contribution is -0.137. The van der Waals surface area contributed by atoms with Gasteiger partial charge in [0.2, 0.25) is 5.96 Å². The lowest BCUT2D eigenvalue weighted by atomic mass is 10.1. The van der Waals surface area contributed by atoms with Crippen LogP contribution in [0.4, 0.5) is 13.2 Å². The van der Waals surface area contributed by atoms with E-state index in [1.165, 1.54) is 6.07 Å². The summed E-state index contributed by atoms with van der Waals surface area (Å²) >= 11 is 12.1. The number of hydrogen-bond acceptors (Lipinski definition) is 2. The fourth-order valence-electron chi connectivity index (χ4n) is 2.29. The van der Waals surface area contributed by atoms with E-state index in [0.29, 0.717) is 39.4 Å². The molecule has 0 unspecified atom stereocenters. The molecule has 2 rings (SSSR count). The van der Waals surface area contributed by atoms with E-state index >= 15 is 0 Å². The molecule has 0 aliphatic heterocycles. The molecule has 4 nitrogen and oxygen atoms in total. The van der Waals surface area contributed by atoms with Crippen molar-refractivity contribution in [1.29, 1.82) is 0 Å². The number of aliphatic imine (C=N–C) groups is 1. The number of nitrogens with one attached hydrogen (secondary N) is 2. The Balaban J connectivity index is 2.14. The number of benzene rings is 2. The Kier molecular flexibility index (Phi) is 7.71. The van der Waals surface area contributed by atoms with Crippen molar-refractivity contribution < 1.29 is 13.2 Å². The van der Waals surface area contributed by atoms with Gasteiger partial charge in [-0.2, -0.15) is 18.3 Å². The third-order valence-electron chi connectivity index (χ3n) is 3.67. The minimum absolute atomic E-state index is 0.0650. The Hall–Kier alpha value is -2.25. The lowest BCUT2D eigenvalue weighted by Gasteiger charge is -2.10. The molecular weight excluding hydrogens is 412 g/mol.